The molecule has 3 rings (SSSR count). The first-order chi connectivity index (χ1) is 9.99. The zero-order chi connectivity index (χ0) is 15.1. The van der Waals surface area contributed by atoms with E-state index >= 15 is 0 Å². The van der Waals surface area contributed by atoms with Gasteiger partial charge in [0, 0.05) is 17.6 Å². The highest BCUT2D eigenvalue weighted by Gasteiger charge is 2.22. The van der Waals surface area contributed by atoms with Crippen molar-refractivity contribution in [2.45, 2.75) is 25.3 Å². The number of fused-ring (bicyclic) bond motifs is 1. The van der Waals surface area contributed by atoms with Crippen molar-refractivity contribution >= 4 is 56.6 Å². The summed E-state index contributed by atoms with van der Waals surface area (Å²) in [6.07, 6.45) is 1.77. The molecule has 3 nitrogen and oxygen atoms in total. The highest BCUT2D eigenvalue weighted by atomic mass is 127. The van der Waals surface area contributed by atoms with Crippen LogP contribution in [0, 0.1) is 9.39 Å². The first-order valence-corrected chi connectivity index (χ1v) is 8.79. The molecular weight excluding hydrogens is 424 g/mol. The van der Waals surface area contributed by atoms with Crippen LogP contribution in [0.2, 0.25) is 0 Å². The third-order valence-electron chi connectivity index (χ3n) is 3.31. The minimum Gasteiger partial charge on any atom is -0.317 e. The molecule has 0 saturated heterocycles. The van der Waals surface area contributed by atoms with E-state index in [1.165, 1.54) is 6.07 Å². The molecule has 0 radical (unpaired) electrons. The molecule has 3 aromatic rings. The van der Waals surface area contributed by atoms with Crippen LogP contribution >= 0.6 is 45.5 Å². The summed E-state index contributed by atoms with van der Waals surface area (Å²) in [4.78, 5) is 8.93. The summed E-state index contributed by atoms with van der Waals surface area (Å²) in [5.41, 5.74) is 1.50. The van der Waals surface area contributed by atoms with Crippen LogP contribution in [-0.2, 0) is 0 Å². The first kappa shape index (κ1) is 15.2. The smallest absolute Gasteiger partial charge is 0.138 e. The van der Waals surface area contributed by atoms with Gasteiger partial charge in [0.15, 0.2) is 0 Å². The Morgan fingerprint density at radius 3 is 2.76 bits per heavy atom. The van der Waals surface area contributed by atoms with E-state index in [4.69, 9.17) is 11.6 Å². The fraction of sp³-hybridized carbons (Fsp3) is 0.286. The fourth-order valence-corrected chi connectivity index (χ4v) is 3.64. The number of thiazole rings is 1. The number of rotatable bonds is 3. The van der Waals surface area contributed by atoms with Crippen molar-refractivity contribution in [1.82, 2.24) is 14.5 Å². The van der Waals surface area contributed by atoms with Gasteiger partial charge in [-0.2, -0.15) is 0 Å². The molecule has 0 spiro atoms. The largest absolute Gasteiger partial charge is 0.317 e. The lowest BCUT2D eigenvalue weighted by molar-refractivity contribution is 0.605. The van der Waals surface area contributed by atoms with Crippen LogP contribution in [0.3, 0.4) is 0 Å². The maximum absolute atomic E-state index is 14.0. The maximum atomic E-state index is 14.0. The van der Waals surface area contributed by atoms with Crippen LogP contribution in [0.4, 0.5) is 4.39 Å². The van der Waals surface area contributed by atoms with Gasteiger partial charge in [0.2, 0.25) is 0 Å². The summed E-state index contributed by atoms with van der Waals surface area (Å²) in [7, 11) is 0. The molecule has 7 heteroatoms. The third-order valence-corrected chi connectivity index (χ3v) is 5.28. The van der Waals surface area contributed by atoms with Crippen molar-refractivity contribution in [3.63, 3.8) is 0 Å². The van der Waals surface area contributed by atoms with Gasteiger partial charge in [0.1, 0.15) is 16.6 Å². The van der Waals surface area contributed by atoms with E-state index < -0.39 is 0 Å². The quantitative estimate of drug-likeness (QED) is 0.421. The number of hydrogen-bond donors (Lipinski definition) is 0. The number of nitrogens with zero attached hydrogens (tertiary/aromatic N) is 3. The Kier molecular flexibility index (Phi) is 4.20. The molecule has 0 aliphatic heterocycles. The average Bonchev–Trinajstić information content (AvgIpc) is 3.06. The third kappa shape index (κ3) is 2.68. The summed E-state index contributed by atoms with van der Waals surface area (Å²) in [5.74, 6) is 0.486. The van der Waals surface area contributed by atoms with Gasteiger partial charge in [0.05, 0.1) is 26.0 Å². The molecule has 2 unspecified atom stereocenters. The maximum Gasteiger partial charge on any atom is 0.138 e. The van der Waals surface area contributed by atoms with Gasteiger partial charge in [0.25, 0.3) is 0 Å². The second-order valence-electron chi connectivity index (χ2n) is 4.76. The number of hydrogen-bond acceptors (Lipinski definition) is 3. The molecule has 0 saturated carbocycles. The standard InChI is InChI=1S/C14H12ClFIN3S/c1-7(15)13-19-11-6-10(17)9(16)5-12(11)20(13)8(2)14-18-3-4-21-14/h3-8H,1-2H3. The van der Waals surface area contributed by atoms with E-state index in [-0.39, 0.29) is 17.2 Å². The SMILES string of the molecule is CC(Cl)c1nc2cc(I)c(F)cc2n1C(C)c1nccs1. The van der Waals surface area contributed by atoms with Gasteiger partial charge >= 0.3 is 0 Å². The summed E-state index contributed by atoms with van der Waals surface area (Å²) >= 11 is 9.81. The van der Waals surface area contributed by atoms with Gasteiger partial charge in [-0.25, -0.2) is 14.4 Å². The molecule has 0 amide bonds. The van der Waals surface area contributed by atoms with Crippen LogP contribution in [0.1, 0.15) is 36.1 Å². The van der Waals surface area contributed by atoms with Crippen LogP contribution in [-0.4, -0.2) is 14.5 Å². The minimum atomic E-state index is -0.263. The zero-order valence-electron chi connectivity index (χ0n) is 11.3. The normalized spacial score (nSPS) is 14.5. The van der Waals surface area contributed by atoms with Crippen LogP contribution in [0.25, 0.3) is 11.0 Å². The first-order valence-electron chi connectivity index (χ1n) is 6.39. The number of benzene rings is 1. The fourth-order valence-electron chi connectivity index (χ4n) is 2.35. The lowest BCUT2D eigenvalue weighted by Crippen LogP contribution is -2.11. The molecule has 0 aliphatic rings. The molecule has 0 bridgehead atoms. The predicted molar refractivity (Wildman–Crippen MR) is 92.6 cm³/mol. The minimum absolute atomic E-state index is 0.0364. The molecular formula is C14H12ClFIN3S. The summed E-state index contributed by atoms with van der Waals surface area (Å²) in [6.45, 7) is 3.90. The Labute approximate surface area is 144 Å². The van der Waals surface area contributed by atoms with Crippen molar-refractivity contribution in [3.8, 4) is 0 Å². The van der Waals surface area contributed by atoms with Gasteiger partial charge in [-0.15, -0.1) is 22.9 Å². The summed E-state index contributed by atoms with van der Waals surface area (Å²) in [5, 5.41) is 2.62. The molecule has 0 N–H and O–H groups in total. The summed E-state index contributed by atoms with van der Waals surface area (Å²) < 4.78 is 16.5. The topological polar surface area (TPSA) is 30.7 Å². The molecule has 0 fully saturated rings. The number of halogens is 3. The van der Waals surface area contributed by atoms with E-state index in [2.05, 4.69) is 9.97 Å². The van der Waals surface area contributed by atoms with E-state index in [1.807, 2.05) is 46.4 Å². The van der Waals surface area contributed by atoms with Gasteiger partial charge in [-0.3, -0.25) is 0 Å². The molecule has 1 aromatic carbocycles. The Morgan fingerprint density at radius 2 is 2.14 bits per heavy atom. The highest BCUT2D eigenvalue weighted by Crippen LogP contribution is 2.32. The lowest BCUT2D eigenvalue weighted by atomic mass is 10.2. The lowest BCUT2D eigenvalue weighted by Gasteiger charge is -2.16. The average molecular weight is 436 g/mol. The molecule has 2 aromatic heterocycles. The van der Waals surface area contributed by atoms with Crippen LogP contribution in [0.15, 0.2) is 23.7 Å². The number of alkyl halides is 1. The van der Waals surface area contributed by atoms with E-state index in [1.54, 1.807) is 23.6 Å². The Morgan fingerprint density at radius 1 is 1.38 bits per heavy atom. The molecule has 21 heavy (non-hydrogen) atoms. The Bertz CT molecular complexity index is 785. The second kappa shape index (κ2) is 5.81. The van der Waals surface area contributed by atoms with Gasteiger partial charge < -0.3 is 4.57 Å². The molecule has 110 valence electrons. The predicted octanol–water partition coefficient (Wildman–Crippen LogP) is 5.15. The number of aromatic nitrogens is 3. The van der Waals surface area contributed by atoms with Crippen molar-refractivity contribution in [1.29, 1.82) is 0 Å². The van der Waals surface area contributed by atoms with Crippen molar-refractivity contribution in [2.75, 3.05) is 0 Å². The molecule has 0 aliphatic carbocycles. The van der Waals surface area contributed by atoms with Crippen molar-refractivity contribution in [3.05, 3.63) is 43.9 Å². The van der Waals surface area contributed by atoms with Crippen LogP contribution < -0.4 is 0 Å². The Hall–Kier alpha value is -0.730. The van der Waals surface area contributed by atoms with E-state index in [9.17, 15) is 4.39 Å². The van der Waals surface area contributed by atoms with Gasteiger partial charge in [-0.1, -0.05) is 0 Å². The van der Waals surface area contributed by atoms with Crippen molar-refractivity contribution < 1.29 is 4.39 Å². The Balaban J connectivity index is 2.27. The van der Waals surface area contributed by atoms with Crippen LogP contribution in [0.5, 0.6) is 0 Å². The van der Waals surface area contributed by atoms with E-state index in [0.717, 1.165) is 21.9 Å². The zero-order valence-corrected chi connectivity index (χ0v) is 15.1. The molecule has 2 heterocycles. The van der Waals surface area contributed by atoms with Crippen molar-refractivity contribution in [2.24, 2.45) is 0 Å². The second-order valence-corrected chi connectivity index (χ2v) is 7.50. The van der Waals surface area contributed by atoms with E-state index in [0.29, 0.717) is 3.57 Å². The summed E-state index contributed by atoms with van der Waals surface area (Å²) in [6, 6.07) is 3.24. The monoisotopic (exact) mass is 435 g/mol. The van der Waals surface area contributed by atoms with Gasteiger partial charge in [-0.05, 0) is 42.5 Å². The highest BCUT2D eigenvalue weighted by molar-refractivity contribution is 14.1. The molecule has 2 atom stereocenters. The number of imidazole rings is 1.